The van der Waals surface area contributed by atoms with E-state index in [0.717, 1.165) is 4.68 Å². The molecule has 0 unspecified atom stereocenters. The minimum Gasteiger partial charge on any atom is -0.310 e. The molecule has 3 aromatic heterocycles. The SMILES string of the molecule is CC1(C)C(=O)Nc2nc(-c3nn(CCC(F)(F)C(F)(F)F)c4ncccc34)ncc21. The fourth-order valence-electron chi connectivity index (χ4n) is 3.15. The molecule has 1 aliphatic rings. The normalized spacial score (nSPS) is 16.0. The van der Waals surface area contributed by atoms with Crippen LogP contribution in [-0.2, 0) is 16.8 Å². The van der Waals surface area contributed by atoms with Crippen LogP contribution in [0.15, 0.2) is 24.5 Å². The van der Waals surface area contributed by atoms with E-state index in [2.05, 4.69) is 25.4 Å². The summed E-state index contributed by atoms with van der Waals surface area (Å²) in [5.74, 6) is -4.73. The van der Waals surface area contributed by atoms with E-state index in [4.69, 9.17) is 0 Å². The molecule has 4 rings (SSSR count). The monoisotopic (exact) mass is 426 g/mol. The van der Waals surface area contributed by atoms with Crippen LogP contribution in [0.25, 0.3) is 22.6 Å². The van der Waals surface area contributed by atoms with Gasteiger partial charge in [0.15, 0.2) is 11.5 Å². The molecule has 30 heavy (non-hydrogen) atoms. The summed E-state index contributed by atoms with van der Waals surface area (Å²) < 4.78 is 65.2. The molecule has 0 saturated heterocycles. The number of aryl methyl sites for hydroxylation is 1. The van der Waals surface area contributed by atoms with Gasteiger partial charge in [-0.15, -0.1) is 0 Å². The molecule has 1 amide bonds. The molecule has 0 aliphatic carbocycles. The van der Waals surface area contributed by atoms with E-state index >= 15 is 0 Å². The average Bonchev–Trinajstić information content (AvgIpc) is 3.14. The lowest BCUT2D eigenvalue weighted by Crippen LogP contribution is -2.37. The highest BCUT2D eigenvalue weighted by molar-refractivity contribution is 6.04. The third kappa shape index (κ3) is 3.06. The van der Waals surface area contributed by atoms with Gasteiger partial charge < -0.3 is 5.32 Å². The lowest BCUT2D eigenvalue weighted by molar-refractivity contribution is -0.285. The van der Waals surface area contributed by atoms with Crippen LogP contribution in [0.1, 0.15) is 25.8 Å². The van der Waals surface area contributed by atoms with Crippen molar-refractivity contribution in [3.63, 3.8) is 0 Å². The molecule has 4 heterocycles. The zero-order chi connectivity index (χ0) is 21.9. The molecule has 3 aromatic rings. The summed E-state index contributed by atoms with van der Waals surface area (Å²) in [6.07, 6.45) is -4.30. The van der Waals surface area contributed by atoms with Gasteiger partial charge in [0.05, 0.1) is 10.8 Å². The van der Waals surface area contributed by atoms with Crippen molar-refractivity contribution in [3.8, 4) is 11.5 Å². The Bertz CT molecular complexity index is 1150. The van der Waals surface area contributed by atoms with E-state index in [9.17, 15) is 26.7 Å². The van der Waals surface area contributed by atoms with E-state index in [1.165, 1.54) is 12.4 Å². The average molecular weight is 426 g/mol. The third-order valence-electron chi connectivity index (χ3n) is 5.03. The van der Waals surface area contributed by atoms with Crippen molar-refractivity contribution in [2.75, 3.05) is 5.32 Å². The Kier molecular flexibility index (Phi) is 4.30. The molecule has 158 valence electrons. The summed E-state index contributed by atoms with van der Waals surface area (Å²) >= 11 is 0. The number of nitrogens with one attached hydrogen (secondary N) is 1. The molecule has 0 aromatic carbocycles. The van der Waals surface area contributed by atoms with E-state index in [1.807, 2.05) is 0 Å². The zero-order valence-corrected chi connectivity index (χ0v) is 15.8. The van der Waals surface area contributed by atoms with Gasteiger partial charge in [-0.25, -0.2) is 19.6 Å². The van der Waals surface area contributed by atoms with Crippen molar-refractivity contribution >= 4 is 22.8 Å². The number of hydrogen-bond donors (Lipinski definition) is 1. The number of alkyl halides is 5. The van der Waals surface area contributed by atoms with E-state index in [1.54, 1.807) is 26.0 Å². The van der Waals surface area contributed by atoms with Crippen LogP contribution in [-0.4, -0.2) is 42.7 Å². The number of pyridine rings is 1. The highest BCUT2D eigenvalue weighted by Gasteiger charge is 2.56. The first-order valence-corrected chi connectivity index (χ1v) is 8.87. The predicted octanol–water partition coefficient (Wildman–Crippen LogP) is 3.71. The fourth-order valence-corrected chi connectivity index (χ4v) is 3.15. The van der Waals surface area contributed by atoms with Crippen LogP contribution in [0.3, 0.4) is 0 Å². The summed E-state index contributed by atoms with van der Waals surface area (Å²) in [7, 11) is 0. The Morgan fingerprint density at radius 3 is 2.60 bits per heavy atom. The van der Waals surface area contributed by atoms with Crippen molar-refractivity contribution in [2.45, 2.75) is 44.3 Å². The molecular weight excluding hydrogens is 411 g/mol. The highest BCUT2D eigenvalue weighted by Crippen LogP contribution is 2.39. The van der Waals surface area contributed by atoms with E-state index in [-0.39, 0.29) is 23.1 Å². The molecule has 0 atom stereocenters. The first-order chi connectivity index (χ1) is 13.9. The number of anilines is 1. The Hall–Kier alpha value is -3.18. The Morgan fingerprint density at radius 1 is 1.17 bits per heavy atom. The molecule has 12 heteroatoms. The lowest BCUT2D eigenvalue weighted by atomic mass is 9.88. The first-order valence-electron chi connectivity index (χ1n) is 8.87. The number of halogens is 5. The number of aromatic nitrogens is 5. The highest BCUT2D eigenvalue weighted by atomic mass is 19.4. The predicted molar refractivity (Wildman–Crippen MR) is 95.8 cm³/mol. The zero-order valence-electron chi connectivity index (χ0n) is 15.8. The van der Waals surface area contributed by atoms with Crippen molar-refractivity contribution in [2.24, 2.45) is 0 Å². The molecule has 0 fully saturated rings. The number of fused-ring (bicyclic) bond motifs is 2. The number of amides is 1. The molecule has 0 saturated carbocycles. The largest absolute Gasteiger partial charge is 0.453 e. The molecule has 7 nitrogen and oxygen atoms in total. The molecule has 1 N–H and O–H groups in total. The minimum absolute atomic E-state index is 0.0890. The van der Waals surface area contributed by atoms with Gasteiger partial charge >= 0.3 is 12.1 Å². The summed E-state index contributed by atoms with van der Waals surface area (Å²) in [5.41, 5.74) is 0.0528. The van der Waals surface area contributed by atoms with Gasteiger partial charge in [-0.3, -0.25) is 4.79 Å². The van der Waals surface area contributed by atoms with Crippen LogP contribution in [0.2, 0.25) is 0 Å². The quantitative estimate of drug-likeness (QED) is 0.643. The van der Waals surface area contributed by atoms with Crippen molar-refractivity contribution in [1.29, 1.82) is 0 Å². The first kappa shape index (κ1) is 20.1. The van der Waals surface area contributed by atoms with Gasteiger partial charge in [0.25, 0.3) is 0 Å². The molecule has 0 radical (unpaired) electrons. The van der Waals surface area contributed by atoms with Gasteiger partial charge in [0.1, 0.15) is 11.5 Å². The van der Waals surface area contributed by atoms with Crippen molar-refractivity contribution < 1.29 is 26.7 Å². The second-order valence-corrected chi connectivity index (χ2v) is 7.43. The summed E-state index contributed by atoms with van der Waals surface area (Å²) in [4.78, 5) is 24.7. The van der Waals surface area contributed by atoms with Crippen LogP contribution < -0.4 is 5.32 Å². The van der Waals surface area contributed by atoms with Crippen LogP contribution in [0.5, 0.6) is 0 Å². The minimum atomic E-state index is -5.65. The third-order valence-corrected chi connectivity index (χ3v) is 5.03. The number of hydrogen-bond acceptors (Lipinski definition) is 5. The summed E-state index contributed by atoms with van der Waals surface area (Å²) in [6, 6.07) is 3.16. The van der Waals surface area contributed by atoms with E-state index < -0.39 is 30.5 Å². The Labute approximate surface area is 166 Å². The summed E-state index contributed by atoms with van der Waals surface area (Å²) in [5, 5.41) is 7.18. The molecule has 0 spiro atoms. The lowest BCUT2D eigenvalue weighted by Gasteiger charge is -2.19. The molecule has 0 bridgehead atoms. The topological polar surface area (TPSA) is 85.6 Å². The van der Waals surface area contributed by atoms with Crippen LogP contribution in [0, 0.1) is 0 Å². The van der Waals surface area contributed by atoms with Gasteiger partial charge in [-0.05, 0) is 26.0 Å². The van der Waals surface area contributed by atoms with Crippen LogP contribution >= 0.6 is 0 Å². The second-order valence-electron chi connectivity index (χ2n) is 7.43. The Balaban J connectivity index is 1.74. The number of rotatable bonds is 4. The fraction of sp³-hybridized carbons (Fsp3) is 0.389. The second kappa shape index (κ2) is 6.41. The number of carbonyl (C=O) groups excluding carboxylic acids is 1. The van der Waals surface area contributed by atoms with Gasteiger partial charge in [-0.2, -0.15) is 27.1 Å². The summed E-state index contributed by atoms with van der Waals surface area (Å²) in [6.45, 7) is 2.72. The standard InChI is InChI=1S/C18H15F5N6O/c1-16(2)10-8-25-13(26-12(10)27-15(16)30)11-9-4-3-6-24-14(9)29(28-11)7-5-17(19,20)18(21,22)23/h3-4,6,8H,5,7H2,1-2H3,(H,25,26,27,30). The van der Waals surface area contributed by atoms with Crippen LogP contribution in [0.4, 0.5) is 27.8 Å². The maximum Gasteiger partial charge on any atom is 0.453 e. The van der Waals surface area contributed by atoms with Crippen molar-refractivity contribution in [3.05, 3.63) is 30.1 Å². The molecular formula is C18H15F5N6O. The van der Waals surface area contributed by atoms with E-state index in [0.29, 0.717) is 16.8 Å². The Morgan fingerprint density at radius 2 is 1.90 bits per heavy atom. The smallest absolute Gasteiger partial charge is 0.310 e. The maximum atomic E-state index is 13.4. The van der Waals surface area contributed by atoms with Gasteiger partial charge in [-0.1, -0.05) is 0 Å². The number of carbonyl (C=O) groups is 1. The number of nitrogens with zero attached hydrogens (tertiary/aromatic N) is 5. The molecule has 1 aliphatic heterocycles. The van der Waals surface area contributed by atoms with Gasteiger partial charge in [0, 0.05) is 30.9 Å². The maximum absolute atomic E-state index is 13.4. The van der Waals surface area contributed by atoms with Crippen molar-refractivity contribution in [1.82, 2.24) is 24.7 Å². The van der Waals surface area contributed by atoms with Gasteiger partial charge in [0.2, 0.25) is 5.91 Å².